The van der Waals surface area contributed by atoms with Gasteiger partial charge in [-0.25, -0.2) is 4.39 Å². The summed E-state index contributed by atoms with van der Waals surface area (Å²) in [7, 11) is 0. The van der Waals surface area contributed by atoms with E-state index in [0.29, 0.717) is 16.7 Å². The summed E-state index contributed by atoms with van der Waals surface area (Å²) >= 11 is 0. The molecule has 0 aliphatic rings. The summed E-state index contributed by atoms with van der Waals surface area (Å²) in [5.41, 5.74) is 5.93. The van der Waals surface area contributed by atoms with Crippen LogP contribution in [0.1, 0.15) is 22.6 Å². The molecule has 0 unspecified atom stereocenters. The van der Waals surface area contributed by atoms with E-state index in [-0.39, 0.29) is 17.9 Å². The quantitative estimate of drug-likeness (QED) is 0.288. The van der Waals surface area contributed by atoms with E-state index in [0.717, 1.165) is 0 Å². The summed E-state index contributed by atoms with van der Waals surface area (Å²) in [6.45, 7) is 0. The van der Waals surface area contributed by atoms with Crippen LogP contribution in [0, 0.1) is 5.82 Å². The van der Waals surface area contributed by atoms with E-state index < -0.39 is 23.3 Å². The molecule has 0 spiro atoms. The van der Waals surface area contributed by atoms with Crippen molar-refractivity contribution in [2.24, 2.45) is 5.73 Å². The van der Waals surface area contributed by atoms with Gasteiger partial charge in [-0.05, 0) is 65.2 Å². The van der Waals surface area contributed by atoms with Gasteiger partial charge in [-0.1, -0.05) is 48.6 Å². The lowest BCUT2D eigenvalue weighted by atomic mass is 9.89. The molecule has 7 heteroatoms. The summed E-state index contributed by atoms with van der Waals surface area (Å²) < 4.78 is 13.3. The zero-order valence-corrected chi connectivity index (χ0v) is 17.5. The molecule has 0 saturated heterocycles. The zero-order valence-electron chi connectivity index (χ0n) is 17.5. The Morgan fingerprint density at radius 3 is 1.45 bits per heavy atom. The number of phenolic OH excluding ortho intramolecular Hbond substituents is 2. The number of ketones is 2. The van der Waals surface area contributed by atoms with Crippen LogP contribution in [-0.2, 0) is 14.4 Å². The Hall–Kier alpha value is -4.52. The molecular weight excluding hydrogens is 425 g/mol. The van der Waals surface area contributed by atoms with Gasteiger partial charge in [0.25, 0.3) is 0 Å². The minimum atomic E-state index is -1.12. The number of phenols is 2. The highest BCUT2D eigenvalue weighted by Gasteiger charge is 2.25. The Bertz CT molecular complexity index is 1070. The van der Waals surface area contributed by atoms with Crippen molar-refractivity contribution in [3.63, 3.8) is 0 Å². The molecule has 1 amide bonds. The van der Waals surface area contributed by atoms with Crippen LogP contribution in [0.4, 0.5) is 4.39 Å². The molecule has 33 heavy (non-hydrogen) atoms. The number of aromatic hydroxyl groups is 2. The van der Waals surface area contributed by atoms with E-state index >= 15 is 0 Å². The molecular formula is C26H22FNO5. The number of hydrogen-bond acceptors (Lipinski definition) is 5. The number of halogens is 1. The molecule has 0 aliphatic heterocycles. The molecule has 6 nitrogen and oxygen atoms in total. The van der Waals surface area contributed by atoms with Crippen molar-refractivity contribution >= 4 is 30.1 Å². The van der Waals surface area contributed by atoms with Gasteiger partial charge in [0.2, 0.25) is 6.41 Å². The van der Waals surface area contributed by atoms with Gasteiger partial charge in [-0.15, -0.1) is 0 Å². The number of rotatable bonds is 7. The lowest BCUT2D eigenvalue weighted by Crippen LogP contribution is -2.19. The first-order valence-electron chi connectivity index (χ1n) is 9.76. The average molecular weight is 447 g/mol. The van der Waals surface area contributed by atoms with Crippen molar-refractivity contribution in [3.05, 3.63) is 107 Å². The number of hydrogen-bond donors (Lipinski definition) is 3. The molecule has 0 radical (unpaired) electrons. The predicted octanol–water partition coefficient (Wildman–Crippen LogP) is 3.99. The van der Waals surface area contributed by atoms with Gasteiger partial charge in [0, 0.05) is 0 Å². The fourth-order valence-corrected chi connectivity index (χ4v) is 2.84. The number of amides is 1. The molecule has 3 aromatic carbocycles. The SMILES string of the molecule is NC=O.O=C(/C=C/c1ccc(O)cc1)C(C(=O)/C=C/c1ccc(O)cc1)c1ccc(F)cc1. The summed E-state index contributed by atoms with van der Waals surface area (Å²) in [4.78, 5) is 34.3. The summed E-state index contributed by atoms with van der Waals surface area (Å²) in [5.74, 6) is -2.26. The Labute approximate surface area is 190 Å². The maximum absolute atomic E-state index is 13.3. The van der Waals surface area contributed by atoms with Gasteiger partial charge >= 0.3 is 0 Å². The topological polar surface area (TPSA) is 118 Å². The van der Waals surface area contributed by atoms with E-state index in [9.17, 15) is 24.2 Å². The molecule has 0 aromatic heterocycles. The van der Waals surface area contributed by atoms with Crippen molar-refractivity contribution in [1.82, 2.24) is 0 Å². The van der Waals surface area contributed by atoms with Gasteiger partial charge < -0.3 is 15.9 Å². The highest BCUT2D eigenvalue weighted by molar-refractivity contribution is 6.17. The van der Waals surface area contributed by atoms with Crippen molar-refractivity contribution in [3.8, 4) is 11.5 Å². The van der Waals surface area contributed by atoms with Crippen LogP contribution in [0.25, 0.3) is 12.2 Å². The number of primary amides is 1. The number of nitrogens with two attached hydrogens (primary N) is 1. The fraction of sp³-hybridized carbons (Fsp3) is 0.0385. The third-order valence-electron chi connectivity index (χ3n) is 4.44. The van der Waals surface area contributed by atoms with Crippen molar-refractivity contribution in [1.29, 1.82) is 0 Å². The molecule has 168 valence electrons. The third-order valence-corrected chi connectivity index (χ3v) is 4.44. The van der Waals surface area contributed by atoms with E-state index in [1.807, 2.05) is 0 Å². The third kappa shape index (κ3) is 7.91. The average Bonchev–Trinajstić information content (AvgIpc) is 2.80. The summed E-state index contributed by atoms with van der Waals surface area (Å²) in [5, 5.41) is 18.7. The fourth-order valence-electron chi connectivity index (χ4n) is 2.84. The maximum atomic E-state index is 13.3. The highest BCUT2D eigenvalue weighted by Crippen LogP contribution is 2.22. The van der Waals surface area contributed by atoms with Crippen LogP contribution in [0.3, 0.4) is 0 Å². The molecule has 4 N–H and O–H groups in total. The monoisotopic (exact) mass is 447 g/mol. The van der Waals surface area contributed by atoms with E-state index in [1.54, 1.807) is 36.4 Å². The van der Waals surface area contributed by atoms with Crippen LogP contribution in [-0.4, -0.2) is 28.2 Å². The largest absolute Gasteiger partial charge is 0.508 e. The maximum Gasteiger partial charge on any atom is 0.204 e. The second-order valence-electron chi connectivity index (χ2n) is 6.78. The molecule has 3 aromatic rings. The molecule has 3 rings (SSSR count). The van der Waals surface area contributed by atoms with Crippen molar-refractivity contribution < 1.29 is 29.0 Å². The van der Waals surface area contributed by atoms with E-state index in [2.05, 4.69) is 5.73 Å². The Morgan fingerprint density at radius 2 is 1.09 bits per heavy atom. The van der Waals surface area contributed by atoms with Gasteiger partial charge in [0.15, 0.2) is 11.6 Å². The second kappa shape index (κ2) is 12.4. The highest BCUT2D eigenvalue weighted by atomic mass is 19.1. The summed E-state index contributed by atoms with van der Waals surface area (Å²) in [6, 6.07) is 17.8. The molecule has 0 fully saturated rings. The smallest absolute Gasteiger partial charge is 0.204 e. The number of benzene rings is 3. The zero-order chi connectivity index (χ0) is 24.2. The molecule has 0 aliphatic carbocycles. The van der Waals surface area contributed by atoms with Crippen LogP contribution in [0.5, 0.6) is 11.5 Å². The Balaban J connectivity index is 0.00000122. The standard InChI is InChI=1S/C25H19FO4.CH3NO/c26-20-9-7-19(8-10-20)25(23(29)15-5-17-1-11-21(27)12-2-17)24(30)16-6-18-3-13-22(28)14-4-18;2-1-3/h1-16,25,27-28H;1H,(H2,2,3)/b15-5+,16-6+;. The molecule has 0 saturated carbocycles. The van der Waals surface area contributed by atoms with Crippen LogP contribution >= 0.6 is 0 Å². The minimum absolute atomic E-state index is 0.109. The van der Waals surface area contributed by atoms with Gasteiger partial charge in [-0.2, -0.15) is 0 Å². The van der Waals surface area contributed by atoms with Crippen LogP contribution in [0.15, 0.2) is 84.9 Å². The Kier molecular flexibility index (Phi) is 9.27. The van der Waals surface area contributed by atoms with Gasteiger partial charge in [-0.3, -0.25) is 14.4 Å². The second-order valence-corrected chi connectivity index (χ2v) is 6.78. The van der Waals surface area contributed by atoms with Crippen molar-refractivity contribution in [2.75, 3.05) is 0 Å². The first-order valence-corrected chi connectivity index (χ1v) is 9.76. The van der Waals surface area contributed by atoms with E-state index in [4.69, 9.17) is 4.79 Å². The van der Waals surface area contributed by atoms with Gasteiger partial charge in [0.05, 0.1) is 0 Å². The van der Waals surface area contributed by atoms with Crippen LogP contribution in [0.2, 0.25) is 0 Å². The van der Waals surface area contributed by atoms with Gasteiger partial charge in [0.1, 0.15) is 23.2 Å². The first-order chi connectivity index (χ1) is 15.8. The predicted molar refractivity (Wildman–Crippen MR) is 124 cm³/mol. The van der Waals surface area contributed by atoms with Crippen LogP contribution < -0.4 is 5.73 Å². The number of carbonyl (C=O) groups excluding carboxylic acids is 3. The molecule has 0 atom stereocenters. The molecule has 0 heterocycles. The number of allylic oxidation sites excluding steroid dienone is 2. The van der Waals surface area contributed by atoms with Crippen molar-refractivity contribution in [2.45, 2.75) is 5.92 Å². The Morgan fingerprint density at radius 1 is 0.727 bits per heavy atom. The normalized spacial score (nSPS) is 10.7. The lowest BCUT2D eigenvalue weighted by Gasteiger charge is -2.11. The minimum Gasteiger partial charge on any atom is -0.508 e. The lowest BCUT2D eigenvalue weighted by molar-refractivity contribution is -0.124. The number of carbonyl (C=O) groups is 3. The first kappa shape index (κ1) is 24.7. The molecule has 0 bridgehead atoms. The van der Waals surface area contributed by atoms with E-state index in [1.165, 1.54) is 60.7 Å². The summed E-state index contributed by atoms with van der Waals surface area (Å²) in [6.07, 6.45) is 5.95.